The highest BCUT2D eigenvalue weighted by Gasteiger charge is 2.20. The number of hydrogen-bond donors (Lipinski definition) is 1. The van der Waals surface area contributed by atoms with Gasteiger partial charge in [0.15, 0.2) is 10.8 Å². The SMILES string of the molecule is O=C(O)CS(=O)(=O)c1ccc2ccccc2n1. The highest BCUT2D eigenvalue weighted by atomic mass is 32.2. The predicted molar refractivity (Wildman–Crippen MR) is 61.4 cm³/mol. The number of hydrogen-bond acceptors (Lipinski definition) is 4. The van der Waals surface area contributed by atoms with Crippen molar-refractivity contribution in [1.82, 2.24) is 4.98 Å². The highest BCUT2D eigenvalue weighted by molar-refractivity contribution is 7.92. The number of aliphatic carboxylic acids is 1. The molecule has 0 aliphatic heterocycles. The van der Waals surface area contributed by atoms with Crippen LogP contribution >= 0.6 is 0 Å². The summed E-state index contributed by atoms with van der Waals surface area (Å²) in [6, 6.07) is 9.96. The Morgan fingerprint density at radius 2 is 1.88 bits per heavy atom. The van der Waals surface area contributed by atoms with Crippen molar-refractivity contribution >= 4 is 26.7 Å². The van der Waals surface area contributed by atoms with Gasteiger partial charge in [0.05, 0.1) is 5.52 Å². The number of nitrogens with zero attached hydrogens (tertiary/aromatic N) is 1. The van der Waals surface area contributed by atoms with E-state index in [9.17, 15) is 13.2 Å². The second kappa shape index (κ2) is 4.14. The van der Waals surface area contributed by atoms with Crippen LogP contribution in [0.1, 0.15) is 0 Å². The predicted octanol–water partition coefficient (Wildman–Crippen LogP) is 1.09. The lowest BCUT2D eigenvalue weighted by Gasteiger charge is -2.02. The zero-order valence-electron chi connectivity index (χ0n) is 8.70. The van der Waals surface area contributed by atoms with Crippen molar-refractivity contribution in [3.8, 4) is 0 Å². The Labute approximate surface area is 97.6 Å². The molecule has 88 valence electrons. The molecule has 0 saturated carbocycles. The maximum Gasteiger partial charge on any atom is 0.319 e. The first-order valence-electron chi connectivity index (χ1n) is 4.79. The Kier molecular flexibility index (Phi) is 2.81. The Hall–Kier alpha value is -1.95. The molecular formula is C11H9NO4S. The Balaban J connectivity index is 2.53. The summed E-state index contributed by atoms with van der Waals surface area (Å²) in [5.74, 6) is -2.34. The number of sulfone groups is 1. The molecule has 0 saturated heterocycles. The Morgan fingerprint density at radius 1 is 1.18 bits per heavy atom. The smallest absolute Gasteiger partial charge is 0.319 e. The summed E-state index contributed by atoms with van der Waals surface area (Å²) in [7, 11) is -3.86. The standard InChI is InChI=1S/C11H9NO4S/c13-11(14)7-17(15,16)10-6-5-8-3-1-2-4-9(8)12-10/h1-6H,7H2,(H,13,14). The zero-order chi connectivity index (χ0) is 12.5. The van der Waals surface area contributed by atoms with Crippen LogP contribution in [0.2, 0.25) is 0 Å². The third-order valence-corrected chi connectivity index (χ3v) is 3.70. The van der Waals surface area contributed by atoms with E-state index >= 15 is 0 Å². The van der Waals surface area contributed by atoms with E-state index in [1.54, 1.807) is 24.3 Å². The zero-order valence-corrected chi connectivity index (χ0v) is 9.52. The molecule has 0 fully saturated rings. The van der Waals surface area contributed by atoms with Crippen molar-refractivity contribution < 1.29 is 18.3 Å². The van der Waals surface area contributed by atoms with E-state index in [1.807, 2.05) is 6.07 Å². The quantitative estimate of drug-likeness (QED) is 0.882. The van der Waals surface area contributed by atoms with Gasteiger partial charge in [-0.2, -0.15) is 0 Å². The van der Waals surface area contributed by atoms with Crippen molar-refractivity contribution in [2.24, 2.45) is 0 Å². The monoisotopic (exact) mass is 251 g/mol. The molecule has 0 spiro atoms. The van der Waals surface area contributed by atoms with E-state index in [2.05, 4.69) is 4.98 Å². The topological polar surface area (TPSA) is 84.3 Å². The van der Waals surface area contributed by atoms with Crippen molar-refractivity contribution in [1.29, 1.82) is 0 Å². The fourth-order valence-corrected chi connectivity index (χ4v) is 2.44. The molecule has 0 atom stereocenters. The van der Waals surface area contributed by atoms with Crippen molar-refractivity contribution in [2.45, 2.75) is 5.03 Å². The van der Waals surface area contributed by atoms with Gasteiger partial charge in [-0.15, -0.1) is 0 Å². The molecule has 0 radical (unpaired) electrons. The molecule has 17 heavy (non-hydrogen) atoms. The fourth-order valence-electron chi connectivity index (χ4n) is 1.46. The van der Waals surface area contributed by atoms with E-state index in [-0.39, 0.29) is 5.03 Å². The molecule has 1 aromatic heterocycles. The summed E-state index contributed by atoms with van der Waals surface area (Å²) in [6.45, 7) is 0. The molecule has 0 bridgehead atoms. The molecular weight excluding hydrogens is 242 g/mol. The number of aromatic nitrogens is 1. The first kappa shape index (κ1) is 11.5. The molecule has 2 aromatic rings. The van der Waals surface area contributed by atoms with Crippen molar-refractivity contribution in [3.05, 3.63) is 36.4 Å². The lowest BCUT2D eigenvalue weighted by atomic mass is 10.2. The maximum absolute atomic E-state index is 11.6. The van der Waals surface area contributed by atoms with Gasteiger partial charge in [-0.1, -0.05) is 18.2 Å². The average Bonchev–Trinajstić information content (AvgIpc) is 2.26. The second-order valence-corrected chi connectivity index (χ2v) is 5.43. The summed E-state index contributed by atoms with van der Waals surface area (Å²) in [5, 5.41) is 9.11. The first-order chi connectivity index (χ1) is 7.99. The molecule has 1 heterocycles. The minimum Gasteiger partial charge on any atom is -0.480 e. The van der Waals surface area contributed by atoms with E-state index in [0.29, 0.717) is 5.52 Å². The molecule has 0 unspecified atom stereocenters. The summed E-state index contributed by atoms with van der Waals surface area (Å²) < 4.78 is 23.3. The number of carbonyl (C=O) groups is 1. The summed E-state index contributed by atoms with van der Waals surface area (Å²) in [5.41, 5.74) is 0.527. The number of fused-ring (bicyclic) bond motifs is 1. The molecule has 0 aliphatic carbocycles. The van der Waals surface area contributed by atoms with Crippen LogP contribution < -0.4 is 0 Å². The number of rotatable bonds is 3. The minimum atomic E-state index is -3.86. The summed E-state index contributed by atoms with van der Waals surface area (Å²) in [6.07, 6.45) is 0. The average molecular weight is 251 g/mol. The first-order valence-corrected chi connectivity index (χ1v) is 6.44. The second-order valence-electron chi connectivity index (χ2n) is 3.50. The largest absolute Gasteiger partial charge is 0.480 e. The van der Waals surface area contributed by atoms with Crippen molar-refractivity contribution in [3.63, 3.8) is 0 Å². The van der Waals surface area contributed by atoms with Crippen LogP contribution in [0.5, 0.6) is 0 Å². The van der Waals surface area contributed by atoms with E-state index in [4.69, 9.17) is 5.11 Å². The van der Waals surface area contributed by atoms with E-state index in [1.165, 1.54) is 6.07 Å². The lowest BCUT2D eigenvalue weighted by molar-refractivity contribution is -0.134. The Bertz CT molecular complexity index is 679. The lowest BCUT2D eigenvalue weighted by Crippen LogP contribution is -2.16. The number of para-hydroxylation sites is 1. The molecule has 5 nitrogen and oxygen atoms in total. The molecule has 1 N–H and O–H groups in total. The molecule has 2 rings (SSSR count). The van der Waals surface area contributed by atoms with Crippen LogP contribution in [0.4, 0.5) is 0 Å². The minimum absolute atomic E-state index is 0.210. The number of pyridine rings is 1. The third-order valence-electron chi connectivity index (χ3n) is 2.21. The van der Waals surface area contributed by atoms with Gasteiger partial charge in [0.25, 0.3) is 0 Å². The fraction of sp³-hybridized carbons (Fsp3) is 0.0909. The normalized spacial score (nSPS) is 11.5. The van der Waals surface area contributed by atoms with Crippen molar-refractivity contribution in [2.75, 3.05) is 5.75 Å². The molecule has 1 aromatic carbocycles. The molecule has 6 heteroatoms. The van der Waals surface area contributed by atoms with E-state index in [0.717, 1.165) is 5.39 Å². The van der Waals surface area contributed by atoms with Gasteiger partial charge >= 0.3 is 5.97 Å². The Morgan fingerprint density at radius 3 is 2.59 bits per heavy atom. The summed E-state index contributed by atoms with van der Waals surface area (Å²) >= 11 is 0. The van der Waals surface area contributed by atoms with Crippen LogP contribution in [-0.4, -0.2) is 30.2 Å². The van der Waals surface area contributed by atoms with Gasteiger partial charge in [-0.3, -0.25) is 4.79 Å². The summed E-state index contributed by atoms with van der Waals surface area (Å²) in [4.78, 5) is 14.4. The van der Waals surface area contributed by atoms with Gasteiger partial charge in [-0.05, 0) is 18.2 Å². The van der Waals surface area contributed by atoms with Crippen LogP contribution in [-0.2, 0) is 14.6 Å². The van der Waals surface area contributed by atoms with Gasteiger partial charge in [0.1, 0.15) is 0 Å². The van der Waals surface area contributed by atoms with Crippen LogP contribution in [0.25, 0.3) is 10.9 Å². The third kappa shape index (κ3) is 2.42. The number of benzene rings is 1. The van der Waals surface area contributed by atoms with Crippen LogP contribution in [0.15, 0.2) is 41.4 Å². The van der Waals surface area contributed by atoms with Crippen LogP contribution in [0, 0.1) is 0 Å². The van der Waals surface area contributed by atoms with Gasteiger partial charge < -0.3 is 5.11 Å². The highest BCUT2D eigenvalue weighted by Crippen LogP contribution is 2.15. The van der Waals surface area contributed by atoms with Crippen LogP contribution in [0.3, 0.4) is 0 Å². The van der Waals surface area contributed by atoms with Gasteiger partial charge in [0.2, 0.25) is 9.84 Å². The molecule has 0 aliphatic rings. The van der Waals surface area contributed by atoms with Gasteiger partial charge in [-0.25, -0.2) is 13.4 Å². The van der Waals surface area contributed by atoms with E-state index < -0.39 is 21.6 Å². The number of carboxylic acids is 1. The maximum atomic E-state index is 11.6. The van der Waals surface area contributed by atoms with Gasteiger partial charge in [0, 0.05) is 5.39 Å². The molecule has 0 amide bonds. The number of carboxylic acid groups (broad SMARTS) is 1.